The van der Waals surface area contributed by atoms with Crippen LogP contribution in [0.15, 0.2) is 48.8 Å². The Kier molecular flexibility index (Phi) is 3.29. The van der Waals surface area contributed by atoms with Gasteiger partial charge in [0.25, 0.3) is 0 Å². The Hall–Kier alpha value is -2.13. The number of aromatic amines is 1. The molecule has 0 saturated carbocycles. The molecule has 0 unspecified atom stereocenters. The number of pyridine rings is 1. The number of hydrogen-bond donors (Lipinski definition) is 2. The third-order valence-electron chi connectivity index (χ3n) is 3.35. The van der Waals surface area contributed by atoms with Gasteiger partial charge in [-0.2, -0.15) is 0 Å². The molecule has 96 valence electrons. The predicted molar refractivity (Wildman–Crippen MR) is 78.9 cm³/mol. The second kappa shape index (κ2) is 5.24. The average Bonchev–Trinajstić information content (AvgIpc) is 2.89. The molecule has 3 nitrogen and oxygen atoms in total. The van der Waals surface area contributed by atoms with Crippen molar-refractivity contribution in [2.24, 2.45) is 5.73 Å². The highest BCUT2D eigenvalue weighted by Gasteiger charge is 2.06. The van der Waals surface area contributed by atoms with Gasteiger partial charge in [-0.25, -0.2) is 0 Å². The molecule has 0 radical (unpaired) electrons. The lowest BCUT2D eigenvalue weighted by atomic mass is 10.0. The summed E-state index contributed by atoms with van der Waals surface area (Å²) >= 11 is 0. The van der Waals surface area contributed by atoms with E-state index >= 15 is 0 Å². The van der Waals surface area contributed by atoms with E-state index in [0.717, 1.165) is 24.1 Å². The van der Waals surface area contributed by atoms with Crippen LogP contribution in [-0.4, -0.2) is 16.5 Å². The predicted octanol–water partition coefficient (Wildman–Crippen LogP) is 3.12. The molecule has 0 aliphatic rings. The van der Waals surface area contributed by atoms with Crippen LogP contribution in [0.3, 0.4) is 0 Å². The van der Waals surface area contributed by atoms with Gasteiger partial charge >= 0.3 is 0 Å². The van der Waals surface area contributed by atoms with Crippen molar-refractivity contribution in [1.82, 2.24) is 9.97 Å². The van der Waals surface area contributed by atoms with Crippen LogP contribution in [0.2, 0.25) is 0 Å². The van der Waals surface area contributed by atoms with Crippen molar-refractivity contribution in [3.63, 3.8) is 0 Å². The number of hydrogen-bond acceptors (Lipinski definition) is 2. The van der Waals surface area contributed by atoms with Crippen LogP contribution in [0, 0.1) is 0 Å². The molecule has 2 heterocycles. The molecule has 0 aliphatic carbocycles. The van der Waals surface area contributed by atoms with Crippen molar-refractivity contribution in [1.29, 1.82) is 0 Å². The van der Waals surface area contributed by atoms with Gasteiger partial charge < -0.3 is 10.7 Å². The Labute approximate surface area is 112 Å². The minimum absolute atomic E-state index is 0.707. The monoisotopic (exact) mass is 251 g/mol. The highest BCUT2D eigenvalue weighted by molar-refractivity contribution is 5.95. The van der Waals surface area contributed by atoms with Crippen molar-refractivity contribution < 1.29 is 0 Å². The first-order valence-electron chi connectivity index (χ1n) is 6.60. The summed E-state index contributed by atoms with van der Waals surface area (Å²) in [5.41, 5.74) is 10.3. The zero-order valence-corrected chi connectivity index (χ0v) is 10.8. The van der Waals surface area contributed by atoms with Crippen LogP contribution in [0.1, 0.15) is 12.1 Å². The van der Waals surface area contributed by atoms with Crippen LogP contribution < -0.4 is 5.73 Å². The van der Waals surface area contributed by atoms with E-state index in [1.165, 1.54) is 16.5 Å². The lowest BCUT2D eigenvalue weighted by Crippen LogP contribution is -2.01. The standard InChI is InChI=1S/C16H17N3/c17-8-3-4-13-10-12(7-9-18-13)15-11-19-16-6-2-1-5-14(15)16/h1-2,5-7,9-11,19H,3-4,8,17H2. The maximum Gasteiger partial charge on any atom is 0.0460 e. The third-order valence-corrected chi connectivity index (χ3v) is 3.35. The fourth-order valence-corrected chi connectivity index (χ4v) is 2.38. The van der Waals surface area contributed by atoms with E-state index in [9.17, 15) is 0 Å². The Morgan fingerprint density at radius 2 is 2.05 bits per heavy atom. The minimum atomic E-state index is 0.707. The van der Waals surface area contributed by atoms with Gasteiger partial charge in [-0.3, -0.25) is 4.98 Å². The second-order valence-electron chi connectivity index (χ2n) is 4.68. The van der Waals surface area contributed by atoms with Crippen molar-refractivity contribution in [3.8, 4) is 11.1 Å². The summed E-state index contributed by atoms with van der Waals surface area (Å²) in [5, 5.41) is 1.25. The van der Waals surface area contributed by atoms with Gasteiger partial charge in [-0.15, -0.1) is 0 Å². The number of aromatic nitrogens is 2. The van der Waals surface area contributed by atoms with Crippen molar-refractivity contribution >= 4 is 10.9 Å². The third kappa shape index (κ3) is 2.37. The van der Waals surface area contributed by atoms with E-state index in [4.69, 9.17) is 5.73 Å². The first-order chi connectivity index (χ1) is 9.38. The molecule has 0 fully saturated rings. The zero-order chi connectivity index (χ0) is 13.1. The van der Waals surface area contributed by atoms with Gasteiger partial charge in [0.15, 0.2) is 0 Å². The number of rotatable bonds is 4. The molecule has 0 atom stereocenters. The quantitative estimate of drug-likeness (QED) is 0.748. The smallest absolute Gasteiger partial charge is 0.0460 e. The van der Waals surface area contributed by atoms with E-state index in [2.05, 4.69) is 46.5 Å². The maximum atomic E-state index is 5.55. The molecule has 3 N–H and O–H groups in total. The van der Waals surface area contributed by atoms with Gasteiger partial charge in [0, 0.05) is 34.6 Å². The van der Waals surface area contributed by atoms with E-state index in [1.54, 1.807) is 0 Å². The Balaban J connectivity index is 2.01. The van der Waals surface area contributed by atoms with E-state index in [1.807, 2.05) is 12.3 Å². The average molecular weight is 251 g/mol. The van der Waals surface area contributed by atoms with Gasteiger partial charge in [0.1, 0.15) is 0 Å². The summed E-state index contributed by atoms with van der Waals surface area (Å²) in [6.45, 7) is 0.707. The SMILES string of the molecule is NCCCc1cc(-c2c[nH]c3ccccc23)ccn1. The van der Waals surface area contributed by atoms with Crippen molar-refractivity contribution in [2.75, 3.05) is 6.54 Å². The van der Waals surface area contributed by atoms with Gasteiger partial charge in [-0.1, -0.05) is 18.2 Å². The van der Waals surface area contributed by atoms with Crippen LogP contribution in [0.25, 0.3) is 22.0 Å². The number of nitrogens with two attached hydrogens (primary N) is 1. The normalized spacial score (nSPS) is 11.0. The molecule has 2 aromatic heterocycles. The molecule has 3 heteroatoms. The molecule has 19 heavy (non-hydrogen) atoms. The van der Waals surface area contributed by atoms with Gasteiger partial charge in [0.2, 0.25) is 0 Å². The molecule has 3 aromatic rings. The Morgan fingerprint density at radius 3 is 2.95 bits per heavy atom. The maximum absolute atomic E-state index is 5.55. The molecule has 0 saturated heterocycles. The summed E-state index contributed by atoms with van der Waals surface area (Å²) in [6, 6.07) is 12.6. The largest absolute Gasteiger partial charge is 0.361 e. The lowest BCUT2D eigenvalue weighted by molar-refractivity contribution is 0.811. The summed E-state index contributed by atoms with van der Waals surface area (Å²) in [6.07, 6.45) is 5.85. The fraction of sp³-hybridized carbons (Fsp3) is 0.188. The molecule has 0 aliphatic heterocycles. The molecule has 0 spiro atoms. The zero-order valence-electron chi connectivity index (χ0n) is 10.8. The lowest BCUT2D eigenvalue weighted by Gasteiger charge is -2.03. The van der Waals surface area contributed by atoms with Crippen LogP contribution in [0.4, 0.5) is 0 Å². The van der Waals surface area contributed by atoms with E-state index in [-0.39, 0.29) is 0 Å². The summed E-state index contributed by atoms with van der Waals surface area (Å²) in [7, 11) is 0. The number of fused-ring (bicyclic) bond motifs is 1. The molecular weight excluding hydrogens is 234 g/mol. The Morgan fingerprint density at radius 1 is 1.16 bits per heavy atom. The van der Waals surface area contributed by atoms with Gasteiger partial charge in [0.05, 0.1) is 0 Å². The molecule has 1 aromatic carbocycles. The van der Waals surface area contributed by atoms with Crippen LogP contribution >= 0.6 is 0 Å². The summed E-state index contributed by atoms with van der Waals surface area (Å²) in [5.74, 6) is 0. The number of H-pyrrole nitrogens is 1. The molecule has 3 rings (SSSR count). The highest BCUT2D eigenvalue weighted by Crippen LogP contribution is 2.28. The first-order valence-corrected chi connectivity index (χ1v) is 6.60. The molecular formula is C16H17N3. The number of nitrogens with zero attached hydrogens (tertiary/aromatic N) is 1. The fourth-order valence-electron chi connectivity index (χ4n) is 2.38. The molecule has 0 bridgehead atoms. The van der Waals surface area contributed by atoms with Crippen LogP contribution in [0.5, 0.6) is 0 Å². The number of benzene rings is 1. The highest BCUT2D eigenvalue weighted by atomic mass is 14.7. The minimum Gasteiger partial charge on any atom is -0.361 e. The van der Waals surface area contributed by atoms with Crippen molar-refractivity contribution in [3.05, 3.63) is 54.5 Å². The topological polar surface area (TPSA) is 54.7 Å². The van der Waals surface area contributed by atoms with Gasteiger partial charge in [-0.05, 0) is 43.1 Å². The second-order valence-corrected chi connectivity index (χ2v) is 4.68. The van der Waals surface area contributed by atoms with Crippen LogP contribution in [-0.2, 0) is 6.42 Å². The van der Waals surface area contributed by atoms with E-state index in [0.29, 0.717) is 6.54 Å². The van der Waals surface area contributed by atoms with Crippen molar-refractivity contribution in [2.45, 2.75) is 12.8 Å². The summed E-state index contributed by atoms with van der Waals surface area (Å²) < 4.78 is 0. The summed E-state index contributed by atoms with van der Waals surface area (Å²) in [4.78, 5) is 7.71. The number of aryl methyl sites for hydroxylation is 1. The first kappa shape index (κ1) is 11.9. The molecule has 0 amide bonds. The Bertz CT molecular complexity index is 685. The van der Waals surface area contributed by atoms with E-state index < -0.39 is 0 Å². The number of nitrogens with one attached hydrogen (secondary N) is 1. The number of para-hydroxylation sites is 1.